The van der Waals surface area contributed by atoms with Crippen LogP contribution in [0.2, 0.25) is 0 Å². The summed E-state index contributed by atoms with van der Waals surface area (Å²) in [4.78, 5) is 16.2. The van der Waals surface area contributed by atoms with Gasteiger partial charge in [-0.3, -0.25) is 9.20 Å². The lowest BCUT2D eigenvalue weighted by molar-refractivity contribution is 0.574. The summed E-state index contributed by atoms with van der Waals surface area (Å²) in [7, 11) is 0. The molecule has 0 amide bonds. The lowest BCUT2D eigenvalue weighted by Crippen LogP contribution is -2.21. The standard InChI is InChI=1S/C20H13F2N3O/c1-11-14(8-12-6-7-13(21)9-16(12)22)20(26)25-18-5-3-2-4-17(18)24-19(25)15(11)10-23/h2-7,9,24H,8H2,1H3. The predicted octanol–water partition coefficient (Wildman–Crippen LogP) is 3.83. The number of nitrogens with zero attached hydrogens (tertiary/aromatic N) is 2. The van der Waals surface area contributed by atoms with Crippen LogP contribution in [0.3, 0.4) is 0 Å². The fraction of sp³-hybridized carbons (Fsp3) is 0.100. The largest absolute Gasteiger partial charge is 0.338 e. The number of H-pyrrole nitrogens is 1. The van der Waals surface area contributed by atoms with Gasteiger partial charge in [-0.25, -0.2) is 8.78 Å². The van der Waals surface area contributed by atoms with E-state index in [-0.39, 0.29) is 17.5 Å². The number of aromatic amines is 1. The van der Waals surface area contributed by atoms with Crippen LogP contribution in [0.1, 0.15) is 22.3 Å². The fourth-order valence-electron chi connectivity index (χ4n) is 3.29. The number of nitriles is 1. The van der Waals surface area contributed by atoms with Gasteiger partial charge in [-0.05, 0) is 36.2 Å². The second-order valence-electron chi connectivity index (χ2n) is 6.13. The van der Waals surface area contributed by atoms with Gasteiger partial charge in [-0.15, -0.1) is 0 Å². The number of imidazole rings is 1. The first-order valence-corrected chi connectivity index (χ1v) is 8.00. The summed E-state index contributed by atoms with van der Waals surface area (Å²) in [6.07, 6.45) is -0.0199. The van der Waals surface area contributed by atoms with Crippen molar-refractivity contribution in [3.63, 3.8) is 0 Å². The highest BCUT2D eigenvalue weighted by Gasteiger charge is 2.19. The molecular weight excluding hydrogens is 336 g/mol. The summed E-state index contributed by atoms with van der Waals surface area (Å²) in [5.41, 5.74) is 2.81. The Labute approximate surface area is 146 Å². The minimum atomic E-state index is -0.716. The van der Waals surface area contributed by atoms with Crippen molar-refractivity contribution in [3.8, 4) is 6.07 Å². The van der Waals surface area contributed by atoms with Crippen LogP contribution in [0.25, 0.3) is 16.7 Å². The quantitative estimate of drug-likeness (QED) is 0.598. The molecule has 0 spiro atoms. The van der Waals surface area contributed by atoms with E-state index in [4.69, 9.17) is 0 Å². The molecule has 0 saturated heterocycles. The monoisotopic (exact) mass is 349 g/mol. The number of fused-ring (bicyclic) bond motifs is 3. The molecular formula is C20H13F2N3O. The summed E-state index contributed by atoms with van der Waals surface area (Å²) in [5.74, 6) is -1.39. The zero-order chi connectivity index (χ0) is 18.4. The van der Waals surface area contributed by atoms with Crippen LogP contribution in [0.15, 0.2) is 47.3 Å². The minimum Gasteiger partial charge on any atom is -0.338 e. The first kappa shape index (κ1) is 16.0. The molecule has 2 heterocycles. The van der Waals surface area contributed by atoms with Crippen LogP contribution in [-0.2, 0) is 6.42 Å². The zero-order valence-corrected chi connectivity index (χ0v) is 13.8. The number of nitrogens with one attached hydrogen (secondary N) is 1. The smallest absolute Gasteiger partial charge is 0.260 e. The van der Waals surface area contributed by atoms with Gasteiger partial charge in [0.2, 0.25) is 0 Å². The first-order valence-electron chi connectivity index (χ1n) is 8.00. The van der Waals surface area contributed by atoms with Crippen molar-refractivity contribution in [3.05, 3.63) is 86.7 Å². The maximum atomic E-state index is 14.1. The molecule has 1 N–H and O–H groups in total. The number of hydrogen-bond donors (Lipinski definition) is 1. The van der Waals surface area contributed by atoms with E-state index in [0.29, 0.717) is 27.9 Å². The number of aromatic nitrogens is 2. The molecule has 0 bridgehead atoms. The molecule has 4 nitrogen and oxygen atoms in total. The SMILES string of the molecule is Cc1c(Cc2ccc(F)cc2F)c(=O)n2c([nH]c3ccccc32)c1C#N. The summed E-state index contributed by atoms with van der Waals surface area (Å²) in [5, 5.41) is 9.60. The van der Waals surface area contributed by atoms with Crippen LogP contribution in [0, 0.1) is 29.9 Å². The Morgan fingerprint density at radius 2 is 1.96 bits per heavy atom. The van der Waals surface area contributed by atoms with Crippen molar-refractivity contribution in [2.75, 3.05) is 0 Å². The van der Waals surface area contributed by atoms with Gasteiger partial charge >= 0.3 is 0 Å². The molecule has 0 aliphatic heterocycles. The van der Waals surface area contributed by atoms with Crippen LogP contribution < -0.4 is 5.56 Å². The van der Waals surface area contributed by atoms with E-state index in [9.17, 15) is 18.8 Å². The molecule has 0 saturated carbocycles. The Kier molecular flexibility index (Phi) is 3.58. The lowest BCUT2D eigenvalue weighted by atomic mass is 9.98. The Bertz CT molecular complexity index is 1280. The molecule has 0 atom stereocenters. The van der Waals surface area contributed by atoms with Crippen molar-refractivity contribution in [2.45, 2.75) is 13.3 Å². The summed E-state index contributed by atoms with van der Waals surface area (Å²) in [6.45, 7) is 1.67. The average molecular weight is 349 g/mol. The Balaban J connectivity index is 2.05. The van der Waals surface area contributed by atoms with Gasteiger partial charge in [0.05, 0.1) is 16.6 Å². The topological polar surface area (TPSA) is 61.1 Å². The molecule has 0 aliphatic rings. The Hall–Kier alpha value is -3.46. The Morgan fingerprint density at radius 1 is 1.19 bits per heavy atom. The van der Waals surface area contributed by atoms with E-state index < -0.39 is 11.6 Å². The third-order valence-electron chi connectivity index (χ3n) is 4.64. The molecule has 4 rings (SSSR count). The van der Waals surface area contributed by atoms with Gasteiger partial charge in [0.1, 0.15) is 23.4 Å². The minimum absolute atomic E-state index is 0.0199. The molecule has 2 aromatic carbocycles. The molecule has 26 heavy (non-hydrogen) atoms. The van der Waals surface area contributed by atoms with Crippen LogP contribution in [-0.4, -0.2) is 9.38 Å². The van der Waals surface area contributed by atoms with Crippen LogP contribution >= 0.6 is 0 Å². The lowest BCUT2D eigenvalue weighted by Gasteiger charge is -2.10. The third kappa shape index (κ3) is 2.29. The number of rotatable bonds is 2. The van der Waals surface area contributed by atoms with Gasteiger partial charge < -0.3 is 4.98 Å². The highest BCUT2D eigenvalue weighted by Crippen LogP contribution is 2.23. The van der Waals surface area contributed by atoms with E-state index in [1.807, 2.05) is 12.1 Å². The number of hydrogen-bond acceptors (Lipinski definition) is 2. The van der Waals surface area contributed by atoms with E-state index in [0.717, 1.165) is 17.6 Å². The highest BCUT2D eigenvalue weighted by atomic mass is 19.1. The summed E-state index contributed by atoms with van der Waals surface area (Å²) >= 11 is 0. The number of benzene rings is 2. The van der Waals surface area contributed by atoms with Crippen molar-refractivity contribution < 1.29 is 8.78 Å². The second kappa shape index (κ2) is 5.81. The molecule has 0 aliphatic carbocycles. The molecule has 0 fully saturated rings. The van der Waals surface area contributed by atoms with Crippen molar-refractivity contribution >= 4 is 16.7 Å². The predicted molar refractivity (Wildman–Crippen MR) is 94.1 cm³/mol. The van der Waals surface area contributed by atoms with E-state index in [1.165, 1.54) is 10.5 Å². The normalized spacial score (nSPS) is 11.2. The van der Waals surface area contributed by atoms with Gasteiger partial charge in [0.15, 0.2) is 0 Å². The average Bonchev–Trinajstić information content (AvgIpc) is 3.00. The second-order valence-corrected chi connectivity index (χ2v) is 6.13. The third-order valence-corrected chi connectivity index (χ3v) is 4.64. The molecule has 0 radical (unpaired) electrons. The zero-order valence-electron chi connectivity index (χ0n) is 13.8. The van der Waals surface area contributed by atoms with Crippen LogP contribution in [0.4, 0.5) is 8.78 Å². The maximum absolute atomic E-state index is 14.1. The summed E-state index contributed by atoms with van der Waals surface area (Å²) < 4.78 is 28.7. The van der Waals surface area contributed by atoms with Gasteiger partial charge in [0, 0.05) is 18.1 Å². The summed E-state index contributed by atoms with van der Waals surface area (Å²) in [6, 6.07) is 12.6. The van der Waals surface area contributed by atoms with E-state index >= 15 is 0 Å². The molecule has 6 heteroatoms. The number of para-hydroxylation sites is 2. The number of halogens is 2. The molecule has 0 unspecified atom stereocenters. The van der Waals surface area contributed by atoms with Crippen LogP contribution in [0.5, 0.6) is 0 Å². The molecule has 2 aromatic heterocycles. The van der Waals surface area contributed by atoms with Gasteiger partial charge in [-0.2, -0.15) is 5.26 Å². The highest BCUT2D eigenvalue weighted by molar-refractivity contribution is 5.83. The van der Waals surface area contributed by atoms with Gasteiger partial charge in [-0.1, -0.05) is 18.2 Å². The Morgan fingerprint density at radius 3 is 2.69 bits per heavy atom. The number of pyridine rings is 1. The van der Waals surface area contributed by atoms with Crippen molar-refractivity contribution in [2.24, 2.45) is 0 Å². The molecule has 4 aromatic rings. The van der Waals surface area contributed by atoms with E-state index in [2.05, 4.69) is 11.1 Å². The fourth-order valence-corrected chi connectivity index (χ4v) is 3.29. The van der Waals surface area contributed by atoms with Gasteiger partial charge in [0.25, 0.3) is 5.56 Å². The van der Waals surface area contributed by atoms with E-state index in [1.54, 1.807) is 19.1 Å². The first-order chi connectivity index (χ1) is 12.5. The van der Waals surface area contributed by atoms with Crippen molar-refractivity contribution in [1.29, 1.82) is 5.26 Å². The van der Waals surface area contributed by atoms with Crippen molar-refractivity contribution in [1.82, 2.24) is 9.38 Å². The maximum Gasteiger partial charge on any atom is 0.260 e. The molecule has 128 valence electrons.